The van der Waals surface area contributed by atoms with Crippen LogP contribution in [0.15, 0.2) is 48.5 Å². The molecule has 0 saturated heterocycles. The summed E-state index contributed by atoms with van der Waals surface area (Å²) in [4.78, 5) is 36.3. The second-order valence-electron chi connectivity index (χ2n) is 8.32. The molecule has 0 unspecified atom stereocenters. The smallest absolute Gasteiger partial charge is 0.308 e. The van der Waals surface area contributed by atoms with E-state index in [4.69, 9.17) is 4.74 Å². The molecule has 2 rings (SSSR count). The Kier molecular flexibility index (Phi) is 7.75. The van der Waals surface area contributed by atoms with Gasteiger partial charge in [-0.3, -0.25) is 14.4 Å². The maximum atomic E-state index is 12.2. The van der Waals surface area contributed by atoms with Gasteiger partial charge in [-0.05, 0) is 49.1 Å². The van der Waals surface area contributed by atoms with Gasteiger partial charge < -0.3 is 15.4 Å². The maximum Gasteiger partial charge on any atom is 0.308 e. The van der Waals surface area contributed by atoms with Crippen molar-refractivity contribution in [3.8, 4) is 0 Å². The molecule has 0 aliphatic heterocycles. The Bertz CT molecular complexity index is 881. The molecule has 6 heteroatoms. The van der Waals surface area contributed by atoms with Crippen LogP contribution in [-0.2, 0) is 19.7 Å². The van der Waals surface area contributed by atoms with Crippen LogP contribution in [0.2, 0.25) is 0 Å². The van der Waals surface area contributed by atoms with Crippen LogP contribution in [-0.4, -0.2) is 30.4 Å². The number of aryl methyl sites for hydroxylation is 1. The minimum atomic E-state index is -0.931. The second kappa shape index (κ2) is 10.1. The summed E-state index contributed by atoms with van der Waals surface area (Å²) < 4.78 is 5.15. The number of hydrogen-bond donors (Lipinski definition) is 2. The summed E-state index contributed by atoms with van der Waals surface area (Å²) in [6.45, 7) is 9.92. The quantitative estimate of drug-likeness (QED) is 0.676. The molecule has 2 aromatic carbocycles. The van der Waals surface area contributed by atoms with Crippen LogP contribution >= 0.6 is 0 Å². The predicted octanol–water partition coefficient (Wildman–Crippen LogP) is 3.98. The van der Waals surface area contributed by atoms with Crippen molar-refractivity contribution in [1.29, 1.82) is 0 Å². The number of ether oxygens (including phenoxy) is 1. The van der Waals surface area contributed by atoms with E-state index in [-0.39, 0.29) is 24.3 Å². The zero-order chi connectivity index (χ0) is 22.3. The lowest BCUT2D eigenvalue weighted by molar-refractivity contribution is -0.153. The van der Waals surface area contributed by atoms with Gasteiger partial charge in [-0.2, -0.15) is 0 Å². The number of nitrogens with one attached hydrogen (secondary N) is 2. The van der Waals surface area contributed by atoms with E-state index in [9.17, 15) is 14.4 Å². The maximum absolute atomic E-state index is 12.2. The molecule has 1 atom stereocenters. The van der Waals surface area contributed by atoms with Crippen molar-refractivity contribution in [2.24, 2.45) is 0 Å². The molecule has 0 heterocycles. The van der Waals surface area contributed by atoms with Crippen molar-refractivity contribution in [3.63, 3.8) is 0 Å². The van der Waals surface area contributed by atoms with Gasteiger partial charge in [0.1, 0.15) is 0 Å². The topological polar surface area (TPSA) is 84.5 Å². The van der Waals surface area contributed by atoms with Crippen molar-refractivity contribution >= 4 is 23.5 Å². The minimum Gasteiger partial charge on any atom is -0.452 e. The molecule has 30 heavy (non-hydrogen) atoms. The fourth-order valence-corrected chi connectivity index (χ4v) is 2.69. The molecule has 0 aliphatic carbocycles. The summed E-state index contributed by atoms with van der Waals surface area (Å²) in [5, 5.41) is 5.39. The summed E-state index contributed by atoms with van der Waals surface area (Å²) in [5.74, 6) is -1.21. The Balaban J connectivity index is 1.75. The van der Waals surface area contributed by atoms with Gasteiger partial charge in [0.25, 0.3) is 11.8 Å². The van der Waals surface area contributed by atoms with E-state index < -0.39 is 18.0 Å². The standard InChI is InChI=1S/C24H30N2O4/c1-16-6-12-20(13-7-16)26-22(28)17(2)30-21(27)14-15-25-23(29)18-8-10-19(11-9-18)24(3,4)5/h6-13,17H,14-15H2,1-5H3,(H,25,29)(H,26,28)/t17-/m0/s1. The molecule has 160 valence electrons. The van der Waals surface area contributed by atoms with Gasteiger partial charge in [0.05, 0.1) is 6.42 Å². The lowest BCUT2D eigenvalue weighted by Crippen LogP contribution is -2.32. The highest BCUT2D eigenvalue weighted by molar-refractivity contribution is 5.95. The Hall–Kier alpha value is -3.15. The van der Waals surface area contributed by atoms with E-state index in [1.807, 2.05) is 31.2 Å². The van der Waals surface area contributed by atoms with Crippen LogP contribution in [0.1, 0.15) is 55.6 Å². The Morgan fingerprint density at radius 2 is 1.57 bits per heavy atom. The van der Waals surface area contributed by atoms with Gasteiger partial charge in [0, 0.05) is 17.8 Å². The zero-order valence-corrected chi connectivity index (χ0v) is 18.2. The van der Waals surface area contributed by atoms with Crippen LogP contribution in [0.4, 0.5) is 5.69 Å². The molecule has 2 amide bonds. The van der Waals surface area contributed by atoms with Crippen LogP contribution in [0.3, 0.4) is 0 Å². The van der Waals surface area contributed by atoms with Crippen molar-refractivity contribution < 1.29 is 19.1 Å². The Morgan fingerprint density at radius 1 is 0.967 bits per heavy atom. The minimum absolute atomic E-state index is 0.0151. The number of rotatable bonds is 7. The number of amides is 2. The first-order valence-electron chi connectivity index (χ1n) is 10.0. The highest BCUT2D eigenvalue weighted by atomic mass is 16.5. The summed E-state index contributed by atoms with van der Waals surface area (Å²) in [5.41, 5.74) is 3.40. The SMILES string of the molecule is Cc1ccc(NC(=O)[C@H](C)OC(=O)CCNC(=O)c2ccc(C(C)(C)C)cc2)cc1. The molecule has 0 fully saturated rings. The second-order valence-corrected chi connectivity index (χ2v) is 8.32. The van der Waals surface area contributed by atoms with Gasteiger partial charge in [-0.15, -0.1) is 0 Å². The van der Waals surface area contributed by atoms with Crippen LogP contribution in [0.25, 0.3) is 0 Å². The average molecular weight is 411 g/mol. The van der Waals surface area contributed by atoms with E-state index in [2.05, 4.69) is 31.4 Å². The van der Waals surface area contributed by atoms with Gasteiger partial charge in [-0.25, -0.2) is 0 Å². The number of hydrogen-bond acceptors (Lipinski definition) is 4. The van der Waals surface area contributed by atoms with E-state index in [1.165, 1.54) is 6.92 Å². The first kappa shape index (κ1) is 23.1. The van der Waals surface area contributed by atoms with Crippen LogP contribution < -0.4 is 10.6 Å². The third kappa shape index (κ3) is 7.03. The molecule has 0 saturated carbocycles. The largest absolute Gasteiger partial charge is 0.452 e. The summed E-state index contributed by atoms with van der Waals surface area (Å²) in [6.07, 6.45) is -0.951. The van der Waals surface area contributed by atoms with Crippen molar-refractivity contribution in [2.45, 2.75) is 52.6 Å². The molecule has 0 aromatic heterocycles. The van der Waals surface area contributed by atoms with Gasteiger partial charge in [-0.1, -0.05) is 50.6 Å². The molecule has 0 spiro atoms. The Morgan fingerprint density at radius 3 is 2.13 bits per heavy atom. The highest BCUT2D eigenvalue weighted by Gasteiger charge is 2.18. The van der Waals surface area contributed by atoms with E-state index in [1.54, 1.807) is 24.3 Å². The number of benzene rings is 2. The summed E-state index contributed by atoms with van der Waals surface area (Å²) in [7, 11) is 0. The van der Waals surface area contributed by atoms with E-state index in [0.29, 0.717) is 11.3 Å². The molecule has 2 aromatic rings. The normalized spacial score (nSPS) is 12.0. The molecule has 2 N–H and O–H groups in total. The van der Waals surface area contributed by atoms with E-state index >= 15 is 0 Å². The number of carbonyl (C=O) groups excluding carboxylic acids is 3. The zero-order valence-electron chi connectivity index (χ0n) is 18.2. The Labute approximate surface area is 178 Å². The van der Waals surface area contributed by atoms with Crippen molar-refractivity contribution in [3.05, 3.63) is 65.2 Å². The van der Waals surface area contributed by atoms with E-state index in [0.717, 1.165) is 11.1 Å². The fourth-order valence-electron chi connectivity index (χ4n) is 2.69. The first-order valence-corrected chi connectivity index (χ1v) is 10.0. The number of carbonyl (C=O) groups is 3. The van der Waals surface area contributed by atoms with Gasteiger partial charge in [0.2, 0.25) is 0 Å². The van der Waals surface area contributed by atoms with Crippen LogP contribution in [0, 0.1) is 6.92 Å². The lowest BCUT2D eigenvalue weighted by atomic mass is 9.87. The third-order valence-corrected chi connectivity index (χ3v) is 4.62. The summed E-state index contributed by atoms with van der Waals surface area (Å²) >= 11 is 0. The molecule has 0 bridgehead atoms. The molecular formula is C24H30N2O4. The first-order chi connectivity index (χ1) is 14.1. The van der Waals surface area contributed by atoms with Gasteiger partial charge in [0.15, 0.2) is 6.10 Å². The lowest BCUT2D eigenvalue weighted by Gasteiger charge is -2.19. The number of anilines is 1. The predicted molar refractivity (Wildman–Crippen MR) is 117 cm³/mol. The molecule has 0 radical (unpaired) electrons. The fraction of sp³-hybridized carbons (Fsp3) is 0.375. The monoisotopic (exact) mass is 410 g/mol. The molecule has 6 nitrogen and oxygen atoms in total. The van der Waals surface area contributed by atoms with Crippen LogP contribution in [0.5, 0.6) is 0 Å². The number of esters is 1. The van der Waals surface area contributed by atoms with Crippen molar-refractivity contribution in [1.82, 2.24) is 5.32 Å². The highest BCUT2D eigenvalue weighted by Crippen LogP contribution is 2.22. The summed E-state index contributed by atoms with van der Waals surface area (Å²) in [6, 6.07) is 14.7. The average Bonchev–Trinajstić information content (AvgIpc) is 2.69. The molecular weight excluding hydrogens is 380 g/mol. The van der Waals surface area contributed by atoms with Crippen molar-refractivity contribution in [2.75, 3.05) is 11.9 Å². The third-order valence-electron chi connectivity index (χ3n) is 4.62. The van der Waals surface area contributed by atoms with Gasteiger partial charge >= 0.3 is 5.97 Å². The molecule has 0 aliphatic rings.